The minimum atomic E-state index is 0.484. The van der Waals surface area contributed by atoms with E-state index in [2.05, 4.69) is 62.4 Å². The molecule has 1 N–H and O–H groups in total. The first-order valence-corrected chi connectivity index (χ1v) is 7.64. The average molecular weight is 262 g/mol. The number of hydrogen-bond donors (Lipinski definition) is 1. The zero-order chi connectivity index (χ0) is 14.1. The number of hydrogen-bond acceptors (Lipinski definition) is 2. The molecular formula is C17H30N2. The highest BCUT2D eigenvalue weighted by molar-refractivity contribution is 5.25. The van der Waals surface area contributed by atoms with E-state index in [0.717, 1.165) is 13.1 Å². The largest absolute Gasteiger partial charge is 0.310 e. The van der Waals surface area contributed by atoms with Crippen molar-refractivity contribution in [1.29, 1.82) is 0 Å². The molecule has 1 unspecified atom stereocenters. The minimum absolute atomic E-state index is 0.484. The van der Waals surface area contributed by atoms with Gasteiger partial charge in [0.15, 0.2) is 0 Å². The summed E-state index contributed by atoms with van der Waals surface area (Å²) in [5.74, 6) is 0. The van der Waals surface area contributed by atoms with Gasteiger partial charge in [0, 0.05) is 6.04 Å². The van der Waals surface area contributed by atoms with Crippen molar-refractivity contribution in [2.24, 2.45) is 0 Å². The second kappa shape index (κ2) is 9.11. The van der Waals surface area contributed by atoms with Crippen LogP contribution in [0.4, 0.5) is 0 Å². The lowest BCUT2D eigenvalue weighted by Gasteiger charge is -2.21. The van der Waals surface area contributed by atoms with Crippen LogP contribution in [0, 0.1) is 0 Å². The highest BCUT2D eigenvalue weighted by Gasteiger charge is 2.10. The van der Waals surface area contributed by atoms with Crippen molar-refractivity contribution >= 4 is 0 Å². The summed E-state index contributed by atoms with van der Waals surface area (Å²) in [6.07, 6.45) is 4.76. The summed E-state index contributed by atoms with van der Waals surface area (Å²) in [6, 6.07) is 9.66. The van der Waals surface area contributed by atoms with Crippen molar-refractivity contribution in [3.05, 3.63) is 35.4 Å². The Morgan fingerprint density at radius 3 is 2.26 bits per heavy atom. The third-order valence-electron chi connectivity index (χ3n) is 3.43. The second-order valence-electron chi connectivity index (χ2n) is 5.59. The highest BCUT2D eigenvalue weighted by Crippen LogP contribution is 2.18. The maximum absolute atomic E-state index is 3.67. The summed E-state index contributed by atoms with van der Waals surface area (Å²) in [5, 5.41) is 3.67. The summed E-state index contributed by atoms with van der Waals surface area (Å²) in [6.45, 7) is 6.67. The van der Waals surface area contributed by atoms with Crippen molar-refractivity contribution in [2.75, 3.05) is 27.2 Å². The predicted octanol–water partition coefficient (Wildman–Crippen LogP) is 3.63. The fourth-order valence-electron chi connectivity index (χ4n) is 2.30. The van der Waals surface area contributed by atoms with Crippen molar-refractivity contribution in [3.63, 3.8) is 0 Å². The molecule has 0 fully saturated rings. The molecule has 0 bridgehead atoms. The number of aryl methyl sites for hydroxylation is 1. The van der Waals surface area contributed by atoms with Gasteiger partial charge in [-0.3, -0.25) is 0 Å². The highest BCUT2D eigenvalue weighted by atomic mass is 15.1. The van der Waals surface area contributed by atoms with Gasteiger partial charge < -0.3 is 10.2 Å². The molecule has 2 heteroatoms. The Morgan fingerprint density at radius 2 is 1.74 bits per heavy atom. The molecule has 0 radical (unpaired) electrons. The molecule has 0 aliphatic carbocycles. The molecule has 1 rings (SSSR count). The van der Waals surface area contributed by atoms with Crippen LogP contribution in [0.2, 0.25) is 0 Å². The third kappa shape index (κ3) is 6.22. The van der Waals surface area contributed by atoms with Gasteiger partial charge in [0.05, 0.1) is 0 Å². The minimum Gasteiger partial charge on any atom is -0.310 e. The zero-order valence-corrected chi connectivity index (χ0v) is 13.1. The fourth-order valence-corrected chi connectivity index (χ4v) is 2.30. The molecule has 0 saturated carbocycles. The number of nitrogens with zero attached hydrogens (tertiary/aromatic N) is 1. The molecular weight excluding hydrogens is 232 g/mol. The van der Waals surface area contributed by atoms with Crippen molar-refractivity contribution in [2.45, 2.75) is 45.6 Å². The average Bonchev–Trinajstić information content (AvgIpc) is 2.40. The van der Waals surface area contributed by atoms with Crippen LogP contribution in [0.5, 0.6) is 0 Å². The van der Waals surface area contributed by atoms with Crippen LogP contribution in [-0.4, -0.2) is 32.1 Å². The van der Waals surface area contributed by atoms with Gasteiger partial charge >= 0.3 is 0 Å². The zero-order valence-electron chi connectivity index (χ0n) is 13.1. The van der Waals surface area contributed by atoms with Crippen LogP contribution in [0.3, 0.4) is 0 Å². The molecule has 1 aromatic rings. The van der Waals surface area contributed by atoms with Crippen LogP contribution in [0.1, 0.15) is 50.3 Å². The van der Waals surface area contributed by atoms with Crippen molar-refractivity contribution in [1.82, 2.24) is 10.2 Å². The standard InChI is InChI=1S/C17H30N2/c1-5-7-15-8-10-16(11-9-15)17(18-13-6-2)12-14-19(3)4/h8-11,17-18H,5-7,12-14H2,1-4H3. The first-order chi connectivity index (χ1) is 9.17. The van der Waals surface area contributed by atoms with Crippen LogP contribution >= 0.6 is 0 Å². The summed E-state index contributed by atoms with van der Waals surface area (Å²) < 4.78 is 0. The molecule has 0 amide bonds. The van der Waals surface area contributed by atoms with Crippen LogP contribution in [-0.2, 0) is 6.42 Å². The molecule has 0 aromatic heterocycles. The Morgan fingerprint density at radius 1 is 1.05 bits per heavy atom. The second-order valence-corrected chi connectivity index (χ2v) is 5.59. The molecule has 19 heavy (non-hydrogen) atoms. The Hall–Kier alpha value is -0.860. The van der Waals surface area contributed by atoms with Gasteiger partial charge in [-0.25, -0.2) is 0 Å². The van der Waals surface area contributed by atoms with Crippen molar-refractivity contribution in [3.8, 4) is 0 Å². The normalized spacial score (nSPS) is 12.9. The summed E-state index contributed by atoms with van der Waals surface area (Å²) >= 11 is 0. The van der Waals surface area contributed by atoms with Gasteiger partial charge in [-0.15, -0.1) is 0 Å². The number of nitrogens with one attached hydrogen (secondary N) is 1. The SMILES string of the molecule is CCCNC(CCN(C)C)c1ccc(CCC)cc1. The molecule has 0 heterocycles. The van der Waals surface area contributed by atoms with E-state index in [1.165, 1.54) is 36.8 Å². The summed E-state index contributed by atoms with van der Waals surface area (Å²) in [4.78, 5) is 2.26. The molecule has 0 aliphatic heterocycles. The van der Waals surface area contributed by atoms with Gasteiger partial charge in [0.25, 0.3) is 0 Å². The van der Waals surface area contributed by atoms with E-state index in [9.17, 15) is 0 Å². The Labute approximate surface area is 119 Å². The first-order valence-electron chi connectivity index (χ1n) is 7.64. The molecule has 0 spiro atoms. The topological polar surface area (TPSA) is 15.3 Å². The quantitative estimate of drug-likeness (QED) is 0.731. The number of rotatable bonds is 9. The van der Waals surface area contributed by atoms with E-state index >= 15 is 0 Å². The third-order valence-corrected chi connectivity index (χ3v) is 3.43. The lowest BCUT2D eigenvalue weighted by atomic mass is 10.0. The van der Waals surface area contributed by atoms with Crippen LogP contribution in [0.15, 0.2) is 24.3 Å². The molecule has 0 saturated heterocycles. The summed E-state index contributed by atoms with van der Waals surface area (Å²) in [7, 11) is 4.28. The van der Waals surface area contributed by atoms with E-state index in [1.807, 2.05) is 0 Å². The maximum atomic E-state index is 3.67. The van der Waals surface area contributed by atoms with Gasteiger partial charge in [-0.2, -0.15) is 0 Å². The first kappa shape index (κ1) is 16.2. The van der Waals surface area contributed by atoms with Gasteiger partial charge in [-0.1, -0.05) is 44.5 Å². The lowest BCUT2D eigenvalue weighted by Crippen LogP contribution is -2.26. The molecule has 1 atom stereocenters. The Balaban J connectivity index is 2.66. The summed E-state index contributed by atoms with van der Waals surface area (Å²) in [5.41, 5.74) is 2.88. The van der Waals surface area contributed by atoms with Gasteiger partial charge in [0.1, 0.15) is 0 Å². The van der Waals surface area contributed by atoms with E-state index in [0.29, 0.717) is 6.04 Å². The Kier molecular flexibility index (Phi) is 7.76. The van der Waals surface area contributed by atoms with Crippen LogP contribution in [0.25, 0.3) is 0 Å². The fraction of sp³-hybridized carbons (Fsp3) is 0.647. The number of benzene rings is 1. The van der Waals surface area contributed by atoms with Crippen molar-refractivity contribution < 1.29 is 0 Å². The van der Waals surface area contributed by atoms with Crippen LogP contribution < -0.4 is 5.32 Å². The molecule has 108 valence electrons. The van der Waals surface area contributed by atoms with Gasteiger partial charge in [0.2, 0.25) is 0 Å². The smallest absolute Gasteiger partial charge is 0.0332 e. The molecule has 1 aromatic carbocycles. The predicted molar refractivity (Wildman–Crippen MR) is 84.6 cm³/mol. The Bertz CT molecular complexity index is 330. The maximum Gasteiger partial charge on any atom is 0.0332 e. The molecule has 2 nitrogen and oxygen atoms in total. The molecule has 0 aliphatic rings. The van der Waals surface area contributed by atoms with E-state index < -0.39 is 0 Å². The van der Waals surface area contributed by atoms with Gasteiger partial charge in [-0.05, 0) is 57.6 Å². The monoisotopic (exact) mass is 262 g/mol. The van der Waals surface area contributed by atoms with E-state index in [-0.39, 0.29) is 0 Å². The van der Waals surface area contributed by atoms with E-state index in [1.54, 1.807) is 0 Å². The lowest BCUT2D eigenvalue weighted by molar-refractivity contribution is 0.361. The van der Waals surface area contributed by atoms with E-state index in [4.69, 9.17) is 0 Å².